The number of fused-ring (bicyclic) bond motifs is 2. The summed E-state index contributed by atoms with van der Waals surface area (Å²) >= 11 is 0. The molecule has 6 amide bonds. The quantitative estimate of drug-likeness (QED) is 0.0918. The summed E-state index contributed by atoms with van der Waals surface area (Å²) in [6.45, 7) is 2.93. The van der Waals surface area contributed by atoms with Gasteiger partial charge in [-0.15, -0.1) is 0 Å². The second-order valence-electron chi connectivity index (χ2n) is 15.9. The molecule has 0 spiro atoms. The van der Waals surface area contributed by atoms with Crippen LogP contribution in [0.4, 0.5) is 0 Å². The first-order valence-electron chi connectivity index (χ1n) is 20.2. The second kappa shape index (κ2) is 22.2. The van der Waals surface area contributed by atoms with E-state index in [9.17, 15) is 69.6 Å². The average molecular weight is 885 g/mol. The van der Waals surface area contributed by atoms with Gasteiger partial charge in [0.25, 0.3) is 0 Å². The van der Waals surface area contributed by atoms with E-state index in [1.165, 1.54) is 31.2 Å². The number of carbonyl (C=O) groups is 6. The number of ether oxygens (including phenoxy) is 2. The van der Waals surface area contributed by atoms with Gasteiger partial charge in [0.1, 0.15) is 54.3 Å². The molecule has 3 aliphatic heterocycles. The van der Waals surface area contributed by atoms with E-state index in [4.69, 9.17) is 20.9 Å². The molecule has 15 atom stereocenters. The Bertz CT molecular complexity index is 1720. The van der Waals surface area contributed by atoms with Crippen molar-refractivity contribution in [2.75, 3.05) is 39.5 Å². The molecule has 3 heterocycles. The van der Waals surface area contributed by atoms with E-state index >= 15 is 0 Å². The van der Waals surface area contributed by atoms with Crippen LogP contribution < -0.4 is 32.7 Å². The number of nitrogens with two attached hydrogens (primary N) is 2. The Morgan fingerprint density at radius 2 is 1.32 bits per heavy atom. The molecule has 3 aliphatic rings. The minimum Gasteiger partial charge on any atom is -0.508 e. The van der Waals surface area contributed by atoms with E-state index in [1.807, 2.05) is 0 Å². The summed E-state index contributed by atoms with van der Waals surface area (Å²) in [6, 6.07) is -6.18. The van der Waals surface area contributed by atoms with Crippen LogP contribution in [0.1, 0.15) is 45.3 Å². The average Bonchev–Trinajstić information content (AvgIpc) is 3.76. The Morgan fingerprint density at radius 1 is 0.742 bits per heavy atom. The van der Waals surface area contributed by atoms with Gasteiger partial charge < -0.3 is 92.9 Å². The molecule has 24 nitrogen and oxygen atoms in total. The molecule has 0 saturated carbocycles. The zero-order chi connectivity index (χ0) is 46.2. The molecular formula is C38H60N8O16. The van der Waals surface area contributed by atoms with E-state index in [-0.39, 0.29) is 44.2 Å². The van der Waals surface area contributed by atoms with Gasteiger partial charge in [-0.3, -0.25) is 28.8 Å². The number of aliphatic hydroxyl groups excluding tert-OH is 7. The van der Waals surface area contributed by atoms with Gasteiger partial charge in [0, 0.05) is 38.4 Å². The Balaban J connectivity index is 1.81. The number of phenolic OH excluding ortho intramolecular Hbond substituents is 1. The number of nitrogens with one attached hydrogen (secondary N) is 4. The Hall–Kier alpha value is -4.60. The summed E-state index contributed by atoms with van der Waals surface area (Å²) in [6.07, 6.45) is -15.0. The lowest BCUT2D eigenvalue weighted by molar-refractivity contribution is -0.150. The molecule has 348 valence electrons. The number of amides is 6. The number of hydrogen-bond acceptors (Lipinski definition) is 18. The fourth-order valence-electron chi connectivity index (χ4n) is 7.49. The molecule has 0 aromatic heterocycles. The largest absolute Gasteiger partial charge is 0.508 e. The number of benzene rings is 1. The number of phenols is 1. The molecule has 0 aliphatic carbocycles. The zero-order valence-electron chi connectivity index (χ0n) is 34.5. The lowest BCUT2D eigenvalue weighted by Gasteiger charge is -2.34. The molecule has 3 fully saturated rings. The molecule has 16 N–H and O–H groups in total. The zero-order valence-corrected chi connectivity index (χ0v) is 34.5. The highest BCUT2D eigenvalue weighted by Crippen LogP contribution is 2.27. The third-order valence-corrected chi connectivity index (χ3v) is 11.0. The van der Waals surface area contributed by atoms with Crippen molar-refractivity contribution in [3.05, 3.63) is 29.8 Å². The van der Waals surface area contributed by atoms with Crippen LogP contribution in [0, 0.1) is 5.92 Å². The summed E-state index contributed by atoms with van der Waals surface area (Å²) in [5.74, 6) is -7.91. The molecule has 0 radical (unpaired) electrons. The maximum Gasteiger partial charge on any atom is 0.248 e. The number of carbonyl (C=O) groups excluding carboxylic acids is 6. The van der Waals surface area contributed by atoms with Crippen LogP contribution >= 0.6 is 0 Å². The fourth-order valence-corrected chi connectivity index (χ4v) is 7.49. The van der Waals surface area contributed by atoms with E-state index in [2.05, 4.69) is 21.3 Å². The van der Waals surface area contributed by atoms with Crippen molar-refractivity contribution < 1.29 is 79.1 Å². The summed E-state index contributed by atoms with van der Waals surface area (Å²) in [4.78, 5) is 85.6. The normalized spacial score (nSPS) is 32.9. The van der Waals surface area contributed by atoms with Crippen molar-refractivity contribution in [2.45, 2.75) is 119 Å². The van der Waals surface area contributed by atoms with Gasteiger partial charge in [0.15, 0.2) is 6.23 Å². The van der Waals surface area contributed by atoms with Gasteiger partial charge in [0.2, 0.25) is 35.4 Å². The van der Waals surface area contributed by atoms with Gasteiger partial charge in [-0.2, -0.15) is 0 Å². The van der Waals surface area contributed by atoms with Gasteiger partial charge in [-0.25, -0.2) is 0 Å². The minimum absolute atomic E-state index is 0.0472. The Morgan fingerprint density at radius 3 is 1.92 bits per heavy atom. The number of hydrogen-bond donors (Lipinski definition) is 14. The molecule has 0 bridgehead atoms. The lowest BCUT2D eigenvalue weighted by atomic mass is 9.96. The summed E-state index contributed by atoms with van der Waals surface area (Å²) < 4.78 is 11.0. The van der Waals surface area contributed by atoms with Crippen molar-refractivity contribution >= 4 is 35.4 Å². The SMILES string of the molecule is C[C@@H](O)[C@@H]1NC(=O)[C@H]([C@H](O)[C@@H](O)c2ccc(O)cc2)NC(=O)[C@@H]2C[C@@H](O)CN2C(=O)[C@H]([C@@H](C)O)NC(=O)[C@@H](N)C[C@@H](O)[C@@H](OCCOCCN)NC(=O)[C@@H]2[C@@H](O)[C@@H](C)CN2C1=O. The van der Waals surface area contributed by atoms with Crippen LogP contribution in [-0.2, 0) is 38.2 Å². The highest BCUT2D eigenvalue weighted by Gasteiger charge is 2.50. The predicted octanol–water partition coefficient (Wildman–Crippen LogP) is -7.30. The number of nitrogens with zero attached hydrogens (tertiary/aromatic N) is 2. The molecule has 1 aromatic carbocycles. The van der Waals surface area contributed by atoms with Crippen molar-refractivity contribution in [3.8, 4) is 5.75 Å². The van der Waals surface area contributed by atoms with Gasteiger partial charge in [-0.1, -0.05) is 19.1 Å². The third kappa shape index (κ3) is 12.1. The number of rotatable bonds is 11. The van der Waals surface area contributed by atoms with Crippen LogP contribution in [0.2, 0.25) is 0 Å². The van der Waals surface area contributed by atoms with Crippen LogP contribution in [0.3, 0.4) is 0 Å². The van der Waals surface area contributed by atoms with Crippen molar-refractivity contribution in [1.82, 2.24) is 31.1 Å². The first kappa shape index (κ1) is 50.0. The number of aliphatic hydroxyl groups is 7. The first-order chi connectivity index (χ1) is 29.2. The fraction of sp³-hybridized carbons (Fsp3) is 0.684. The van der Waals surface area contributed by atoms with Crippen LogP contribution in [0.15, 0.2) is 24.3 Å². The maximum atomic E-state index is 14.3. The molecule has 24 heteroatoms. The molecule has 3 saturated heterocycles. The van der Waals surface area contributed by atoms with E-state index in [0.29, 0.717) is 0 Å². The third-order valence-electron chi connectivity index (χ3n) is 11.0. The van der Waals surface area contributed by atoms with Crippen LogP contribution in [0.5, 0.6) is 5.75 Å². The van der Waals surface area contributed by atoms with Crippen LogP contribution in [-0.4, -0.2) is 205 Å². The monoisotopic (exact) mass is 884 g/mol. The van der Waals surface area contributed by atoms with Crippen molar-refractivity contribution in [3.63, 3.8) is 0 Å². The van der Waals surface area contributed by atoms with Gasteiger partial charge in [-0.05, 0) is 31.5 Å². The predicted molar refractivity (Wildman–Crippen MR) is 211 cm³/mol. The summed E-state index contributed by atoms with van der Waals surface area (Å²) in [7, 11) is 0. The maximum absolute atomic E-state index is 14.3. The second-order valence-corrected chi connectivity index (χ2v) is 15.9. The summed E-state index contributed by atoms with van der Waals surface area (Å²) in [5, 5.41) is 96.4. The van der Waals surface area contributed by atoms with E-state index < -0.39 is 146 Å². The minimum atomic E-state index is -2.24. The van der Waals surface area contributed by atoms with Crippen molar-refractivity contribution in [1.29, 1.82) is 0 Å². The van der Waals surface area contributed by atoms with Crippen LogP contribution in [0.25, 0.3) is 0 Å². The molecule has 4 rings (SSSR count). The van der Waals surface area contributed by atoms with Gasteiger partial charge in [0.05, 0.1) is 50.3 Å². The highest BCUT2D eigenvalue weighted by molar-refractivity contribution is 5.98. The number of aromatic hydroxyl groups is 1. The van der Waals surface area contributed by atoms with Crippen molar-refractivity contribution in [2.24, 2.45) is 17.4 Å². The molecular weight excluding hydrogens is 824 g/mol. The standard InChI is InChI=1S/C38H60N8O16/c1-16-14-46-28(29(16)52)35(58)44-36(62-11-10-61-9-8-39)24(51)13-22(40)32(55)41-25(17(2)47)37(59)45-15-21(50)12-23(45)33(56)43-27(34(57)42-26(18(3)48)38(46)60)31(54)30(53)19-4-6-20(49)7-5-19/h4-7,16-18,21-31,36,47-54H,8-15,39-40H2,1-3H3,(H,41,55)(H,42,57)(H,43,56)(H,44,58)/t16-,17+,18+,21+,22-,23-,24+,25-,26-,27-,28-,29-,30-,31-,36+/m0/s1. The van der Waals surface area contributed by atoms with Gasteiger partial charge >= 0.3 is 0 Å². The molecule has 62 heavy (non-hydrogen) atoms. The molecule has 0 unspecified atom stereocenters. The summed E-state index contributed by atoms with van der Waals surface area (Å²) in [5.41, 5.74) is 11.5. The van der Waals surface area contributed by atoms with E-state index in [0.717, 1.165) is 23.6 Å². The first-order valence-corrected chi connectivity index (χ1v) is 20.2. The topological polar surface area (TPSA) is 389 Å². The Kier molecular flexibility index (Phi) is 17.9. The Labute approximate surface area is 356 Å². The molecule has 1 aromatic rings. The highest BCUT2D eigenvalue weighted by atomic mass is 16.5. The van der Waals surface area contributed by atoms with E-state index in [1.54, 1.807) is 0 Å². The smallest absolute Gasteiger partial charge is 0.248 e. The lowest BCUT2D eigenvalue weighted by Crippen LogP contribution is -2.64.